The molecule has 3 rings (SSSR count). The molecular weight excluding hydrogens is 238 g/mol. The van der Waals surface area contributed by atoms with Crippen LogP contribution in [0.25, 0.3) is 0 Å². The van der Waals surface area contributed by atoms with E-state index in [1.165, 1.54) is 38.5 Å². The lowest BCUT2D eigenvalue weighted by Gasteiger charge is -2.33. The Hall–Kier alpha value is -0.410. The van der Waals surface area contributed by atoms with Crippen LogP contribution in [0.5, 0.6) is 0 Å². The van der Waals surface area contributed by atoms with E-state index >= 15 is 0 Å². The lowest BCUT2D eigenvalue weighted by atomic mass is 9.93. The van der Waals surface area contributed by atoms with Crippen molar-refractivity contribution >= 4 is 5.78 Å². The summed E-state index contributed by atoms with van der Waals surface area (Å²) in [5.74, 6) is 0.698. The molecule has 1 saturated carbocycles. The van der Waals surface area contributed by atoms with Gasteiger partial charge in [0.25, 0.3) is 0 Å². The largest absolute Gasteiger partial charge is 0.370 e. The van der Waals surface area contributed by atoms with E-state index in [0.29, 0.717) is 17.8 Å². The Balaban J connectivity index is 1.44. The highest BCUT2D eigenvalue weighted by Crippen LogP contribution is 2.43. The maximum absolute atomic E-state index is 11.4. The fourth-order valence-electron chi connectivity index (χ4n) is 4.22. The third kappa shape index (κ3) is 3.03. The van der Waals surface area contributed by atoms with Gasteiger partial charge in [-0.3, -0.25) is 4.79 Å². The minimum Gasteiger partial charge on any atom is -0.370 e. The summed E-state index contributed by atoms with van der Waals surface area (Å²) in [7, 11) is 0. The van der Waals surface area contributed by atoms with Gasteiger partial charge in [0, 0.05) is 12.5 Å². The Morgan fingerprint density at radius 1 is 1.16 bits per heavy atom. The molecule has 1 aliphatic carbocycles. The first kappa shape index (κ1) is 13.6. The Morgan fingerprint density at radius 2 is 1.84 bits per heavy atom. The van der Waals surface area contributed by atoms with E-state index in [4.69, 9.17) is 4.74 Å². The van der Waals surface area contributed by atoms with Crippen LogP contribution in [-0.4, -0.2) is 42.0 Å². The number of hydrogen-bond acceptors (Lipinski definition) is 3. The number of carbonyl (C=O) groups excluding carboxylic acids is 1. The molecule has 0 aromatic carbocycles. The first-order chi connectivity index (χ1) is 9.17. The number of carbonyl (C=O) groups is 1. The Bertz CT molecular complexity index is 328. The third-order valence-electron chi connectivity index (χ3n) is 5.48. The fraction of sp³-hybridized carbons (Fsp3) is 0.938. The average molecular weight is 265 g/mol. The van der Waals surface area contributed by atoms with Gasteiger partial charge in [0.05, 0.1) is 11.7 Å². The van der Waals surface area contributed by atoms with Gasteiger partial charge in [-0.15, -0.1) is 0 Å². The van der Waals surface area contributed by atoms with Crippen LogP contribution < -0.4 is 0 Å². The smallest absolute Gasteiger partial charge is 0.133 e. The Kier molecular flexibility index (Phi) is 3.95. The summed E-state index contributed by atoms with van der Waals surface area (Å²) >= 11 is 0. The highest BCUT2D eigenvalue weighted by Gasteiger charge is 2.42. The molecule has 0 aromatic rings. The predicted octanol–water partition coefficient (Wildman–Crippen LogP) is 2.78. The number of nitrogens with zero attached hydrogens (tertiary/aromatic N) is 1. The molecule has 3 aliphatic rings. The van der Waals surface area contributed by atoms with Crippen LogP contribution in [0.15, 0.2) is 0 Å². The molecule has 0 amide bonds. The van der Waals surface area contributed by atoms with Gasteiger partial charge >= 0.3 is 0 Å². The van der Waals surface area contributed by atoms with Crippen molar-refractivity contribution < 1.29 is 9.53 Å². The number of likely N-dealkylation sites (tertiary alicyclic amines) is 1. The van der Waals surface area contributed by atoms with Gasteiger partial charge < -0.3 is 9.64 Å². The molecule has 3 fully saturated rings. The van der Waals surface area contributed by atoms with Gasteiger partial charge in [-0.05, 0) is 58.5 Å². The summed E-state index contributed by atoms with van der Waals surface area (Å²) in [6.45, 7) is 4.99. The zero-order chi connectivity index (χ0) is 13.3. The molecule has 19 heavy (non-hydrogen) atoms. The van der Waals surface area contributed by atoms with Crippen LogP contribution in [0.1, 0.15) is 58.3 Å². The average Bonchev–Trinajstić information content (AvgIpc) is 3.01. The predicted molar refractivity (Wildman–Crippen MR) is 75.2 cm³/mol. The van der Waals surface area contributed by atoms with Gasteiger partial charge in [-0.2, -0.15) is 0 Å². The molecule has 0 radical (unpaired) electrons. The maximum Gasteiger partial charge on any atom is 0.133 e. The van der Waals surface area contributed by atoms with Crippen molar-refractivity contribution in [2.75, 3.05) is 19.6 Å². The molecule has 3 nitrogen and oxygen atoms in total. The summed E-state index contributed by atoms with van der Waals surface area (Å²) in [5.41, 5.74) is 0.266. The number of rotatable bonds is 3. The van der Waals surface area contributed by atoms with Crippen LogP contribution in [0.2, 0.25) is 0 Å². The Morgan fingerprint density at radius 3 is 2.47 bits per heavy atom. The Labute approximate surface area is 116 Å². The molecule has 2 aliphatic heterocycles. The summed E-state index contributed by atoms with van der Waals surface area (Å²) in [6.07, 6.45) is 10.4. The minimum absolute atomic E-state index is 0.266. The van der Waals surface area contributed by atoms with Crippen molar-refractivity contribution in [2.45, 2.75) is 70.0 Å². The van der Waals surface area contributed by atoms with E-state index in [1.54, 1.807) is 6.92 Å². The molecule has 1 atom stereocenters. The standard InChI is InChI=1S/C16H27NO2/c1-13(18)14-5-10-17(11-6-14)12-15-4-9-16(19-15)7-2-3-8-16/h14-15H,2-12H2,1H3. The number of piperidine rings is 1. The second-order valence-corrected chi connectivity index (χ2v) is 6.85. The zero-order valence-electron chi connectivity index (χ0n) is 12.2. The highest BCUT2D eigenvalue weighted by molar-refractivity contribution is 5.78. The summed E-state index contributed by atoms with van der Waals surface area (Å²) in [5, 5.41) is 0. The molecule has 3 heteroatoms. The van der Waals surface area contributed by atoms with Crippen LogP contribution in [0, 0.1) is 5.92 Å². The van der Waals surface area contributed by atoms with Crippen molar-refractivity contribution in [1.29, 1.82) is 0 Å². The van der Waals surface area contributed by atoms with E-state index in [9.17, 15) is 4.79 Å². The molecule has 0 aromatic heterocycles. The molecule has 108 valence electrons. The summed E-state index contributed by atoms with van der Waals surface area (Å²) < 4.78 is 6.38. The van der Waals surface area contributed by atoms with E-state index < -0.39 is 0 Å². The first-order valence-corrected chi connectivity index (χ1v) is 8.07. The molecule has 1 unspecified atom stereocenters. The third-order valence-corrected chi connectivity index (χ3v) is 5.48. The van der Waals surface area contributed by atoms with Gasteiger partial charge in [0.1, 0.15) is 5.78 Å². The highest BCUT2D eigenvalue weighted by atomic mass is 16.5. The normalized spacial score (nSPS) is 32.2. The molecule has 2 heterocycles. The molecular formula is C16H27NO2. The van der Waals surface area contributed by atoms with Crippen molar-refractivity contribution in [3.05, 3.63) is 0 Å². The topological polar surface area (TPSA) is 29.5 Å². The second kappa shape index (κ2) is 5.53. The number of Topliss-reactive ketones (excluding diaryl/α,β-unsaturated/α-hetero) is 1. The van der Waals surface area contributed by atoms with Crippen LogP contribution >= 0.6 is 0 Å². The monoisotopic (exact) mass is 265 g/mol. The van der Waals surface area contributed by atoms with E-state index in [-0.39, 0.29) is 5.60 Å². The summed E-state index contributed by atoms with van der Waals surface area (Å²) in [6, 6.07) is 0. The molecule has 1 spiro atoms. The quantitative estimate of drug-likeness (QED) is 0.786. The first-order valence-electron chi connectivity index (χ1n) is 8.07. The zero-order valence-corrected chi connectivity index (χ0v) is 12.2. The number of hydrogen-bond donors (Lipinski definition) is 0. The molecule has 2 saturated heterocycles. The van der Waals surface area contributed by atoms with Gasteiger partial charge in [-0.1, -0.05) is 12.8 Å². The van der Waals surface area contributed by atoms with Crippen molar-refractivity contribution in [1.82, 2.24) is 4.90 Å². The molecule has 0 N–H and O–H groups in total. The van der Waals surface area contributed by atoms with Crippen LogP contribution in [0.4, 0.5) is 0 Å². The van der Waals surface area contributed by atoms with Crippen LogP contribution in [0.3, 0.4) is 0 Å². The lowest BCUT2D eigenvalue weighted by molar-refractivity contribution is -0.122. The van der Waals surface area contributed by atoms with Crippen molar-refractivity contribution in [2.24, 2.45) is 5.92 Å². The number of ether oxygens (including phenoxy) is 1. The van der Waals surface area contributed by atoms with Crippen LogP contribution in [-0.2, 0) is 9.53 Å². The van der Waals surface area contributed by atoms with Crippen molar-refractivity contribution in [3.63, 3.8) is 0 Å². The lowest BCUT2D eigenvalue weighted by Crippen LogP contribution is -2.40. The van der Waals surface area contributed by atoms with Gasteiger partial charge in [0.15, 0.2) is 0 Å². The van der Waals surface area contributed by atoms with E-state index in [2.05, 4.69) is 4.90 Å². The molecule has 0 bridgehead atoms. The van der Waals surface area contributed by atoms with Gasteiger partial charge in [0.2, 0.25) is 0 Å². The maximum atomic E-state index is 11.4. The minimum atomic E-state index is 0.266. The van der Waals surface area contributed by atoms with E-state index in [1.807, 2.05) is 0 Å². The summed E-state index contributed by atoms with van der Waals surface area (Å²) in [4.78, 5) is 13.9. The van der Waals surface area contributed by atoms with Gasteiger partial charge in [-0.25, -0.2) is 0 Å². The van der Waals surface area contributed by atoms with Crippen molar-refractivity contribution in [3.8, 4) is 0 Å². The fourth-order valence-corrected chi connectivity index (χ4v) is 4.22. The number of ketones is 1. The second-order valence-electron chi connectivity index (χ2n) is 6.85. The van der Waals surface area contributed by atoms with E-state index in [0.717, 1.165) is 32.5 Å². The SMILES string of the molecule is CC(=O)C1CCN(CC2CCC3(CCCC3)O2)CC1.